The third-order valence-electron chi connectivity index (χ3n) is 3.71. The standard InChI is InChI=1S/C13H26N4O/c1-10(2)6-11-8-17(13(18)15-11)9-12-7-16(3)5-4-14-12/h10-12,14H,4-9H2,1-3H3,(H,15,18). The monoisotopic (exact) mass is 254 g/mol. The summed E-state index contributed by atoms with van der Waals surface area (Å²) in [6.45, 7) is 9.23. The van der Waals surface area contributed by atoms with Crippen molar-refractivity contribution < 1.29 is 4.79 Å². The minimum Gasteiger partial charge on any atom is -0.333 e. The lowest BCUT2D eigenvalue weighted by Crippen LogP contribution is -2.54. The van der Waals surface area contributed by atoms with Crippen LogP contribution in [-0.2, 0) is 0 Å². The molecular weight excluding hydrogens is 228 g/mol. The van der Waals surface area contributed by atoms with Gasteiger partial charge in [0.1, 0.15) is 0 Å². The van der Waals surface area contributed by atoms with Gasteiger partial charge in [-0.05, 0) is 19.4 Å². The summed E-state index contributed by atoms with van der Waals surface area (Å²) in [4.78, 5) is 16.2. The smallest absolute Gasteiger partial charge is 0.317 e. The van der Waals surface area contributed by atoms with Crippen molar-refractivity contribution in [2.45, 2.75) is 32.4 Å². The minimum atomic E-state index is 0.107. The molecule has 2 unspecified atom stereocenters. The lowest BCUT2D eigenvalue weighted by Gasteiger charge is -2.33. The fourth-order valence-electron chi connectivity index (χ4n) is 2.90. The summed E-state index contributed by atoms with van der Waals surface area (Å²) in [6, 6.07) is 0.849. The van der Waals surface area contributed by atoms with Gasteiger partial charge in [0.2, 0.25) is 0 Å². The molecule has 0 bridgehead atoms. The van der Waals surface area contributed by atoms with Gasteiger partial charge < -0.3 is 20.4 Å². The molecule has 104 valence electrons. The molecule has 2 aliphatic heterocycles. The molecule has 2 rings (SSSR count). The van der Waals surface area contributed by atoms with Crippen LogP contribution in [-0.4, -0.2) is 67.7 Å². The molecule has 2 N–H and O–H groups in total. The Balaban J connectivity index is 1.80. The quantitative estimate of drug-likeness (QED) is 0.760. The molecule has 0 spiro atoms. The maximum atomic E-state index is 11.9. The second-order valence-corrected chi connectivity index (χ2v) is 6.09. The molecule has 0 aromatic heterocycles. The van der Waals surface area contributed by atoms with Gasteiger partial charge >= 0.3 is 6.03 Å². The third-order valence-corrected chi connectivity index (χ3v) is 3.71. The highest BCUT2D eigenvalue weighted by Gasteiger charge is 2.31. The number of carbonyl (C=O) groups excluding carboxylic acids is 1. The lowest BCUT2D eigenvalue weighted by molar-refractivity contribution is 0.185. The maximum absolute atomic E-state index is 11.9. The summed E-state index contributed by atoms with van der Waals surface area (Å²) in [5, 5.41) is 6.57. The predicted octanol–water partition coefficient (Wildman–Crippen LogP) is 0.330. The Morgan fingerprint density at radius 3 is 2.78 bits per heavy atom. The fraction of sp³-hybridized carbons (Fsp3) is 0.923. The number of likely N-dealkylation sites (N-methyl/N-ethyl adjacent to an activating group) is 1. The zero-order valence-corrected chi connectivity index (χ0v) is 11.8. The Labute approximate surface area is 110 Å². The van der Waals surface area contributed by atoms with Gasteiger partial charge in [-0.2, -0.15) is 0 Å². The molecular formula is C13H26N4O. The molecule has 0 aromatic rings. The highest BCUT2D eigenvalue weighted by Crippen LogP contribution is 2.13. The molecule has 0 aromatic carbocycles. The molecule has 0 aliphatic carbocycles. The number of nitrogens with zero attached hydrogens (tertiary/aromatic N) is 2. The van der Waals surface area contributed by atoms with Gasteiger partial charge in [-0.25, -0.2) is 4.79 Å². The number of piperazine rings is 1. The van der Waals surface area contributed by atoms with Crippen LogP contribution in [0.2, 0.25) is 0 Å². The summed E-state index contributed by atoms with van der Waals surface area (Å²) in [5.41, 5.74) is 0. The summed E-state index contributed by atoms with van der Waals surface area (Å²) < 4.78 is 0. The van der Waals surface area contributed by atoms with Gasteiger partial charge in [0, 0.05) is 44.8 Å². The van der Waals surface area contributed by atoms with E-state index in [1.807, 2.05) is 4.90 Å². The number of hydrogen-bond acceptors (Lipinski definition) is 3. The van der Waals surface area contributed by atoms with Crippen LogP contribution in [0.5, 0.6) is 0 Å². The minimum absolute atomic E-state index is 0.107. The Bertz CT molecular complexity index is 295. The molecule has 5 heteroatoms. The summed E-state index contributed by atoms with van der Waals surface area (Å²) in [7, 11) is 2.14. The molecule has 18 heavy (non-hydrogen) atoms. The van der Waals surface area contributed by atoms with E-state index in [1.165, 1.54) is 0 Å². The number of rotatable bonds is 4. The number of nitrogens with one attached hydrogen (secondary N) is 2. The summed E-state index contributed by atoms with van der Waals surface area (Å²) in [5.74, 6) is 0.634. The average Bonchev–Trinajstić information content (AvgIpc) is 2.58. The van der Waals surface area contributed by atoms with Crippen molar-refractivity contribution in [3.8, 4) is 0 Å². The summed E-state index contributed by atoms with van der Waals surface area (Å²) in [6.07, 6.45) is 1.07. The van der Waals surface area contributed by atoms with Gasteiger partial charge in [0.15, 0.2) is 0 Å². The third kappa shape index (κ3) is 3.59. The first-order chi connectivity index (χ1) is 8.54. The van der Waals surface area contributed by atoms with Crippen molar-refractivity contribution in [3.63, 3.8) is 0 Å². The molecule has 2 heterocycles. The molecule has 2 fully saturated rings. The predicted molar refractivity (Wildman–Crippen MR) is 72.6 cm³/mol. The number of hydrogen-bond donors (Lipinski definition) is 2. The van der Waals surface area contributed by atoms with Crippen LogP contribution in [0.1, 0.15) is 20.3 Å². The SMILES string of the molecule is CC(C)CC1CN(CC2CN(C)CCN2)C(=O)N1. The van der Waals surface area contributed by atoms with Crippen LogP contribution in [0.15, 0.2) is 0 Å². The highest BCUT2D eigenvalue weighted by molar-refractivity contribution is 5.76. The van der Waals surface area contributed by atoms with Crippen molar-refractivity contribution in [1.29, 1.82) is 0 Å². The van der Waals surface area contributed by atoms with Crippen molar-refractivity contribution in [2.24, 2.45) is 5.92 Å². The van der Waals surface area contributed by atoms with Gasteiger partial charge in [-0.1, -0.05) is 13.8 Å². The van der Waals surface area contributed by atoms with E-state index in [-0.39, 0.29) is 6.03 Å². The van der Waals surface area contributed by atoms with Crippen LogP contribution in [0.3, 0.4) is 0 Å². The maximum Gasteiger partial charge on any atom is 0.317 e. The van der Waals surface area contributed by atoms with E-state index in [2.05, 4.69) is 36.4 Å². The van der Waals surface area contributed by atoms with Crippen molar-refractivity contribution >= 4 is 6.03 Å². The second kappa shape index (κ2) is 5.89. The normalized spacial score (nSPS) is 30.0. The number of amides is 2. The van der Waals surface area contributed by atoms with Gasteiger partial charge in [0.25, 0.3) is 0 Å². The zero-order chi connectivity index (χ0) is 13.1. The fourth-order valence-corrected chi connectivity index (χ4v) is 2.90. The molecule has 0 radical (unpaired) electrons. The van der Waals surface area contributed by atoms with E-state index in [1.54, 1.807) is 0 Å². The Morgan fingerprint density at radius 1 is 1.33 bits per heavy atom. The van der Waals surface area contributed by atoms with Crippen LogP contribution < -0.4 is 10.6 Å². The second-order valence-electron chi connectivity index (χ2n) is 6.09. The van der Waals surface area contributed by atoms with Crippen LogP contribution >= 0.6 is 0 Å². The molecule has 5 nitrogen and oxygen atoms in total. The largest absolute Gasteiger partial charge is 0.333 e. The van der Waals surface area contributed by atoms with E-state index in [4.69, 9.17) is 0 Å². The zero-order valence-electron chi connectivity index (χ0n) is 11.8. The molecule has 2 atom stereocenters. The molecule has 2 amide bonds. The number of carbonyl (C=O) groups is 1. The average molecular weight is 254 g/mol. The van der Waals surface area contributed by atoms with Gasteiger partial charge in [-0.3, -0.25) is 0 Å². The van der Waals surface area contributed by atoms with Crippen LogP contribution in [0.4, 0.5) is 4.79 Å². The highest BCUT2D eigenvalue weighted by atomic mass is 16.2. The first-order valence-electron chi connectivity index (χ1n) is 7.02. The summed E-state index contributed by atoms with van der Waals surface area (Å²) >= 11 is 0. The molecule has 0 saturated carbocycles. The van der Waals surface area contributed by atoms with E-state index >= 15 is 0 Å². The van der Waals surface area contributed by atoms with E-state index in [9.17, 15) is 4.79 Å². The van der Waals surface area contributed by atoms with E-state index in [0.29, 0.717) is 18.0 Å². The number of urea groups is 1. The first-order valence-corrected chi connectivity index (χ1v) is 7.02. The first kappa shape index (κ1) is 13.6. The van der Waals surface area contributed by atoms with Crippen LogP contribution in [0.25, 0.3) is 0 Å². The van der Waals surface area contributed by atoms with E-state index in [0.717, 1.165) is 39.1 Å². The van der Waals surface area contributed by atoms with Gasteiger partial charge in [0.05, 0.1) is 0 Å². The Morgan fingerprint density at radius 2 is 2.11 bits per heavy atom. The van der Waals surface area contributed by atoms with Crippen LogP contribution in [0, 0.1) is 5.92 Å². The van der Waals surface area contributed by atoms with Crippen molar-refractivity contribution in [3.05, 3.63) is 0 Å². The lowest BCUT2D eigenvalue weighted by atomic mass is 10.0. The van der Waals surface area contributed by atoms with Crippen molar-refractivity contribution in [1.82, 2.24) is 20.4 Å². The molecule has 2 saturated heterocycles. The van der Waals surface area contributed by atoms with Crippen molar-refractivity contribution in [2.75, 3.05) is 39.8 Å². The van der Waals surface area contributed by atoms with E-state index < -0.39 is 0 Å². The van der Waals surface area contributed by atoms with Gasteiger partial charge in [-0.15, -0.1) is 0 Å². The Hall–Kier alpha value is -0.810. The topological polar surface area (TPSA) is 47.6 Å². The Kier molecular flexibility index (Phi) is 4.45. The molecule has 2 aliphatic rings.